The molecule has 118 valence electrons. The van der Waals surface area contributed by atoms with Gasteiger partial charge in [-0.2, -0.15) is 29.2 Å². The van der Waals surface area contributed by atoms with Gasteiger partial charge in [0.15, 0.2) is 0 Å². The van der Waals surface area contributed by atoms with Crippen molar-refractivity contribution in [3.8, 4) is 0 Å². The van der Waals surface area contributed by atoms with Gasteiger partial charge in [-0.05, 0) is 31.4 Å². The monoisotopic (exact) mass is 321 g/mol. The first-order valence-electron chi connectivity index (χ1n) is 7.69. The Hall–Kier alpha value is 0.180. The Morgan fingerprint density at radius 2 is 2.05 bits per heavy atom. The van der Waals surface area contributed by atoms with E-state index in [0.29, 0.717) is 18.3 Å². The molecule has 0 spiro atoms. The Labute approximate surface area is 127 Å². The summed E-state index contributed by atoms with van der Waals surface area (Å²) in [5.41, 5.74) is 5.74. The van der Waals surface area contributed by atoms with Gasteiger partial charge >= 0.3 is 0 Å². The second-order valence-corrected chi connectivity index (χ2v) is 8.82. The van der Waals surface area contributed by atoms with Crippen LogP contribution in [0.1, 0.15) is 45.4 Å². The van der Waals surface area contributed by atoms with Crippen LogP contribution in [0.3, 0.4) is 0 Å². The van der Waals surface area contributed by atoms with E-state index in [-0.39, 0.29) is 12.1 Å². The second kappa shape index (κ2) is 7.45. The summed E-state index contributed by atoms with van der Waals surface area (Å²) in [4.78, 5) is 0. The predicted octanol–water partition coefficient (Wildman–Crippen LogP) is 1.31. The van der Waals surface area contributed by atoms with Crippen LogP contribution in [0.5, 0.6) is 0 Å². The van der Waals surface area contributed by atoms with Crippen molar-refractivity contribution < 1.29 is 8.42 Å². The summed E-state index contributed by atoms with van der Waals surface area (Å²) in [7, 11) is -3.39. The zero-order chi connectivity index (χ0) is 14.6. The van der Waals surface area contributed by atoms with E-state index >= 15 is 0 Å². The fourth-order valence-corrected chi connectivity index (χ4v) is 6.30. The molecule has 1 aliphatic heterocycles. The molecule has 3 unspecified atom stereocenters. The molecule has 5 nitrogen and oxygen atoms in total. The molecular formula is C13H27N3O2S2. The fourth-order valence-electron chi connectivity index (χ4n) is 3.26. The number of rotatable bonds is 6. The van der Waals surface area contributed by atoms with Gasteiger partial charge in [-0.3, -0.25) is 0 Å². The smallest absolute Gasteiger partial charge is 0.280 e. The Kier molecular flexibility index (Phi) is 6.16. The quantitative estimate of drug-likeness (QED) is 0.773. The molecule has 2 rings (SSSR count). The highest BCUT2D eigenvalue weighted by molar-refractivity contribution is 8.00. The van der Waals surface area contributed by atoms with Crippen LogP contribution in [-0.2, 0) is 10.2 Å². The number of hydrogen-bond donors (Lipinski definition) is 2. The molecule has 0 aromatic rings. The van der Waals surface area contributed by atoms with Crippen molar-refractivity contribution in [2.75, 3.05) is 18.8 Å². The van der Waals surface area contributed by atoms with Crippen LogP contribution in [0.25, 0.3) is 0 Å². The van der Waals surface area contributed by atoms with Gasteiger partial charge in [0.2, 0.25) is 0 Å². The topological polar surface area (TPSA) is 75.4 Å². The lowest BCUT2D eigenvalue weighted by Crippen LogP contribution is -2.54. The first-order chi connectivity index (χ1) is 9.58. The average molecular weight is 322 g/mol. The average Bonchev–Trinajstić information content (AvgIpc) is 2.86. The molecule has 0 bridgehead atoms. The second-order valence-electron chi connectivity index (χ2n) is 5.65. The number of hydrogen-bond acceptors (Lipinski definition) is 4. The SMILES string of the molecule is CCSC1CCCC1NS(=O)(=O)N1CCCCC1CN. The van der Waals surface area contributed by atoms with Crippen LogP contribution in [0.4, 0.5) is 0 Å². The summed E-state index contributed by atoms with van der Waals surface area (Å²) in [6.45, 7) is 3.15. The van der Waals surface area contributed by atoms with E-state index in [9.17, 15) is 8.42 Å². The zero-order valence-corrected chi connectivity index (χ0v) is 13.9. The zero-order valence-electron chi connectivity index (χ0n) is 12.3. The largest absolute Gasteiger partial charge is 0.329 e. The summed E-state index contributed by atoms with van der Waals surface area (Å²) >= 11 is 1.87. The van der Waals surface area contributed by atoms with Gasteiger partial charge in [-0.15, -0.1) is 0 Å². The molecule has 3 atom stereocenters. The molecule has 0 aromatic heterocycles. The van der Waals surface area contributed by atoms with E-state index in [2.05, 4.69) is 11.6 Å². The van der Waals surface area contributed by atoms with E-state index in [1.165, 1.54) is 0 Å². The van der Waals surface area contributed by atoms with Crippen LogP contribution in [0.15, 0.2) is 0 Å². The van der Waals surface area contributed by atoms with Gasteiger partial charge in [0.05, 0.1) is 0 Å². The van der Waals surface area contributed by atoms with Gasteiger partial charge in [-0.1, -0.05) is 19.8 Å². The maximum absolute atomic E-state index is 12.6. The van der Waals surface area contributed by atoms with Crippen LogP contribution in [0, 0.1) is 0 Å². The van der Waals surface area contributed by atoms with Crippen molar-refractivity contribution in [3.05, 3.63) is 0 Å². The Bertz CT molecular complexity index is 402. The van der Waals surface area contributed by atoms with E-state index in [4.69, 9.17) is 5.73 Å². The lowest BCUT2D eigenvalue weighted by molar-refractivity contribution is 0.253. The maximum Gasteiger partial charge on any atom is 0.280 e. The Morgan fingerprint density at radius 1 is 1.25 bits per heavy atom. The predicted molar refractivity (Wildman–Crippen MR) is 85.0 cm³/mol. The lowest BCUT2D eigenvalue weighted by atomic mass is 10.1. The number of nitrogens with one attached hydrogen (secondary N) is 1. The molecule has 20 heavy (non-hydrogen) atoms. The molecule has 2 aliphatic rings. The highest BCUT2D eigenvalue weighted by Gasteiger charge is 2.36. The van der Waals surface area contributed by atoms with Crippen molar-refractivity contribution >= 4 is 22.0 Å². The van der Waals surface area contributed by atoms with Crippen molar-refractivity contribution in [2.24, 2.45) is 5.73 Å². The minimum Gasteiger partial charge on any atom is -0.329 e. The number of piperidine rings is 1. The number of nitrogens with zero attached hydrogens (tertiary/aromatic N) is 1. The summed E-state index contributed by atoms with van der Waals surface area (Å²) in [5.74, 6) is 1.04. The highest BCUT2D eigenvalue weighted by atomic mass is 32.2. The van der Waals surface area contributed by atoms with E-state index in [0.717, 1.165) is 44.3 Å². The minimum atomic E-state index is -3.39. The van der Waals surface area contributed by atoms with Gasteiger partial charge in [0, 0.05) is 30.4 Å². The van der Waals surface area contributed by atoms with Gasteiger partial charge in [0.25, 0.3) is 10.2 Å². The summed E-state index contributed by atoms with van der Waals surface area (Å²) < 4.78 is 29.8. The maximum atomic E-state index is 12.6. The molecule has 1 saturated heterocycles. The molecule has 3 N–H and O–H groups in total. The van der Waals surface area contributed by atoms with Gasteiger partial charge in [0.1, 0.15) is 0 Å². The van der Waals surface area contributed by atoms with E-state index in [1.54, 1.807) is 4.31 Å². The first-order valence-corrected chi connectivity index (χ1v) is 10.2. The molecule has 0 radical (unpaired) electrons. The molecule has 0 aromatic carbocycles. The van der Waals surface area contributed by atoms with Crippen LogP contribution < -0.4 is 10.5 Å². The molecule has 7 heteroatoms. The molecule has 0 amide bonds. The molecule has 1 saturated carbocycles. The normalized spacial score (nSPS) is 32.6. The van der Waals surface area contributed by atoms with Crippen molar-refractivity contribution in [3.63, 3.8) is 0 Å². The van der Waals surface area contributed by atoms with Crippen LogP contribution in [-0.4, -0.2) is 48.9 Å². The Morgan fingerprint density at radius 3 is 2.75 bits per heavy atom. The molecule has 1 heterocycles. The van der Waals surface area contributed by atoms with Crippen LogP contribution in [0.2, 0.25) is 0 Å². The molecule has 2 fully saturated rings. The minimum absolute atomic E-state index is 0.0278. The third kappa shape index (κ3) is 3.88. The summed E-state index contributed by atoms with van der Waals surface area (Å²) in [5, 5.41) is 0.427. The number of nitrogens with two attached hydrogens (primary N) is 1. The van der Waals surface area contributed by atoms with Crippen molar-refractivity contribution in [1.29, 1.82) is 0 Å². The van der Waals surface area contributed by atoms with Crippen LogP contribution >= 0.6 is 11.8 Å². The van der Waals surface area contributed by atoms with Crippen molar-refractivity contribution in [2.45, 2.75) is 62.8 Å². The molecule has 1 aliphatic carbocycles. The fraction of sp³-hybridized carbons (Fsp3) is 1.00. The van der Waals surface area contributed by atoms with Crippen molar-refractivity contribution in [1.82, 2.24) is 9.03 Å². The third-order valence-electron chi connectivity index (χ3n) is 4.29. The number of thioether (sulfide) groups is 1. The van der Waals surface area contributed by atoms with E-state index < -0.39 is 10.2 Å². The first kappa shape index (κ1) is 16.5. The lowest BCUT2D eigenvalue weighted by Gasteiger charge is -2.35. The van der Waals surface area contributed by atoms with E-state index in [1.807, 2.05) is 11.8 Å². The molecular weight excluding hydrogens is 294 g/mol. The third-order valence-corrected chi connectivity index (χ3v) is 7.31. The Balaban J connectivity index is 2.02. The highest BCUT2D eigenvalue weighted by Crippen LogP contribution is 2.31. The summed E-state index contributed by atoms with van der Waals surface area (Å²) in [6, 6.07) is 0.0604. The summed E-state index contributed by atoms with van der Waals surface area (Å²) in [6.07, 6.45) is 6.09. The van der Waals surface area contributed by atoms with Gasteiger partial charge in [-0.25, -0.2) is 0 Å². The standard InChI is InChI=1S/C13H27N3O2S2/c1-2-19-13-8-5-7-12(13)15-20(17,18)16-9-4-3-6-11(16)10-14/h11-13,15H,2-10,14H2,1H3. The van der Waals surface area contributed by atoms with Gasteiger partial charge < -0.3 is 5.73 Å².